The van der Waals surface area contributed by atoms with Crippen LogP contribution < -0.4 is 4.74 Å². The molecule has 0 bridgehead atoms. The molecule has 18 heavy (non-hydrogen) atoms. The van der Waals surface area contributed by atoms with E-state index in [1.54, 1.807) is 18.3 Å². The molecule has 0 saturated carbocycles. The van der Waals surface area contributed by atoms with Crippen LogP contribution in [0.3, 0.4) is 0 Å². The van der Waals surface area contributed by atoms with Crippen molar-refractivity contribution in [2.45, 2.75) is 12.5 Å². The second-order valence-electron chi connectivity index (χ2n) is 3.64. The summed E-state index contributed by atoms with van der Waals surface area (Å²) >= 11 is 15.1. The molecule has 0 radical (unpaired) electrons. The first-order chi connectivity index (χ1) is 8.69. The highest BCUT2D eigenvalue weighted by atomic mass is 79.9. The van der Waals surface area contributed by atoms with Crippen molar-refractivity contribution < 1.29 is 4.74 Å². The molecule has 1 aromatic heterocycles. The average Bonchev–Trinajstić information content (AvgIpc) is 2.39. The summed E-state index contributed by atoms with van der Waals surface area (Å²) in [4.78, 5) is 4.24. The molecule has 0 aliphatic carbocycles. The van der Waals surface area contributed by atoms with E-state index < -0.39 is 0 Å². The van der Waals surface area contributed by atoms with E-state index in [2.05, 4.69) is 20.9 Å². The molecular formula is C13H10BrCl2NO. The highest BCUT2D eigenvalue weighted by molar-refractivity contribution is 9.10. The van der Waals surface area contributed by atoms with E-state index in [-0.39, 0.29) is 0 Å². The Balaban J connectivity index is 2.08. The molecule has 0 aliphatic heterocycles. The van der Waals surface area contributed by atoms with E-state index >= 15 is 0 Å². The van der Waals surface area contributed by atoms with E-state index in [1.165, 1.54) is 0 Å². The minimum atomic E-state index is 0.365. The molecule has 2 rings (SSSR count). The summed E-state index contributed by atoms with van der Waals surface area (Å²) in [7, 11) is 0. The van der Waals surface area contributed by atoms with E-state index in [0.717, 1.165) is 21.5 Å². The van der Waals surface area contributed by atoms with Crippen molar-refractivity contribution in [2.24, 2.45) is 0 Å². The molecule has 1 heterocycles. The van der Waals surface area contributed by atoms with Crippen molar-refractivity contribution in [1.29, 1.82) is 0 Å². The molecule has 0 saturated heterocycles. The monoisotopic (exact) mass is 345 g/mol. The van der Waals surface area contributed by atoms with Crippen molar-refractivity contribution in [3.8, 4) is 5.75 Å². The summed E-state index contributed by atoms with van der Waals surface area (Å²) in [5, 5.41) is 0.653. The molecule has 0 aliphatic rings. The maximum atomic E-state index is 5.90. The SMILES string of the molecule is ClCc1cc(Cl)ccc1OCc1ccc(Br)cn1. The Morgan fingerprint density at radius 2 is 2.06 bits per heavy atom. The summed E-state index contributed by atoms with van der Waals surface area (Å²) in [6, 6.07) is 9.23. The topological polar surface area (TPSA) is 22.1 Å². The van der Waals surface area contributed by atoms with Gasteiger partial charge in [0.25, 0.3) is 0 Å². The van der Waals surface area contributed by atoms with E-state index in [9.17, 15) is 0 Å². The molecule has 5 heteroatoms. The number of rotatable bonds is 4. The van der Waals surface area contributed by atoms with Crippen molar-refractivity contribution >= 4 is 39.1 Å². The Labute approximate surface area is 124 Å². The van der Waals surface area contributed by atoms with Gasteiger partial charge in [0.15, 0.2) is 0 Å². The van der Waals surface area contributed by atoms with Gasteiger partial charge in [0.05, 0.1) is 11.6 Å². The van der Waals surface area contributed by atoms with Gasteiger partial charge in [-0.05, 0) is 46.3 Å². The molecule has 94 valence electrons. The van der Waals surface area contributed by atoms with E-state index in [0.29, 0.717) is 17.5 Å². The van der Waals surface area contributed by atoms with Crippen LogP contribution in [0.5, 0.6) is 5.75 Å². The van der Waals surface area contributed by atoms with Crippen LogP contribution in [0.15, 0.2) is 41.0 Å². The highest BCUT2D eigenvalue weighted by Gasteiger charge is 2.04. The number of nitrogens with zero attached hydrogens (tertiary/aromatic N) is 1. The minimum absolute atomic E-state index is 0.365. The fourth-order valence-electron chi connectivity index (χ4n) is 1.44. The van der Waals surface area contributed by atoms with Gasteiger partial charge >= 0.3 is 0 Å². The van der Waals surface area contributed by atoms with Gasteiger partial charge in [0.1, 0.15) is 12.4 Å². The van der Waals surface area contributed by atoms with Crippen molar-refractivity contribution in [3.05, 3.63) is 57.3 Å². The lowest BCUT2D eigenvalue weighted by Gasteiger charge is -2.10. The van der Waals surface area contributed by atoms with Crippen LogP contribution in [0.25, 0.3) is 0 Å². The summed E-state index contributed by atoms with van der Waals surface area (Å²) in [6.07, 6.45) is 1.74. The number of benzene rings is 1. The smallest absolute Gasteiger partial charge is 0.130 e. The third-order valence-electron chi connectivity index (χ3n) is 2.33. The lowest BCUT2D eigenvalue weighted by atomic mass is 10.2. The third-order valence-corrected chi connectivity index (χ3v) is 3.32. The zero-order valence-electron chi connectivity index (χ0n) is 9.37. The Kier molecular flexibility index (Phi) is 4.87. The molecule has 0 amide bonds. The number of halogens is 3. The van der Waals surface area contributed by atoms with Crippen LogP contribution in [0.4, 0.5) is 0 Å². The van der Waals surface area contributed by atoms with Gasteiger partial charge in [-0.1, -0.05) is 11.6 Å². The standard InChI is InChI=1S/C13H10BrCl2NO/c14-10-1-3-12(17-7-10)8-18-13-4-2-11(16)5-9(13)6-15/h1-5,7H,6,8H2. The zero-order chi connectivity index (χ0) is 13.0. The Hall–Kier alpha value is -0.770. The third kappa shape index (κ3) is 3.61. The van der Waals surface area contributed by atoms with Crippen LogP contribution >= 0.6 is 39.1 Å². The molecule has 2 aromatic rings. The van der Waals surface area contributed by atoms with Gasteiger partial charge in [0.2, 0.25) is 0 Å². The lowest BCUT2D eigenvalue weighted by molar-refractivity contribution is 0.299. The maximum Gasteiger partial charge on any atom is 0.130 e. The van der Waals surface area contributed by atoms with Crippen LogP contribution in [0, 0.1) is 0 Å². The van der Waals surface area contributed by atoms with Crippen LogP contribution in [0.2, 0.25) is 5.02 Å². The van der Waals surface area contributed by atoms with E-state index in [1.807, 2.05) is 18.2 Å². The first kappa shape index (κ1) is 13.7. The molecule has 0 spiro atoms. The molecule has 0 unspecified atom stereocenters. The highest BCUT2D eigenvalue weighted by Crippen LogP contribution is 2.25. The van der Waals surface area contributed by atoms with Crippen LogP contribution in [-0.2, 0) is 12.5 Å². The lowest BCUT2D eigenvalue weighted by Crippen LogP contribution is -1.99. The molecule has 2 nitrogen and oxygen atoms in total. The van der Waals surface area contributed by atoms with E-state index in [4.69, 9.17) is 27.9 Å². The van der Waals surface area contributed by atoms with Gasteiger partial charge in [-0.25, -0.2) is 0 Å². The summed E-state index contributed by atoms with van der Waals surface area (Å²) in [6.45, 7) is 0.402. The van der Waals surface area contributed by atoms with Gasteiger partial charge in [-0.2, -0.15) is 0 Å². The van der Waals surface area contributed by atoms with Crippen LogP contribution in [-0.4, -0.2) is 4.98 Å². The Morgan fingerprint density at radius 1 is 1.22 bits per heavy atom. The number of ether oxygens (including phenoxy) is 1. The molecule has 0 fully saturated rings. The average molecular weight is 347 g/mol. The van der Waals surface area contributed by atoms with Crippen molar-refractivity contribution in [3.63, 3.8) is 0 Å². The zero-order valence-corrected chi connectivity index (χ0v) is 12.5. The number of aromatic nitrogens is 1. The number of pyridine rings is 1. The molecule has 1 aromatic carbocycles. The predicted octanol–water partition coefficient (Wildman–Crippen LogP) is 4.82. The normalized spacial score (nSPS) is 10.4. The minimum Gasteiger partial charge on any atom is -0.487 e. The number of alkyl halides is 1. The number of hydrogen-bond acceptors (Lipinski definition) is 2. The first-order valence-corrected chi connectivity index (χ1v) is 6.97. The maximum absolute atomic E-state index is 5.90. The summed E-state index contributed by atoms with van der Waals surface area (Å²) in [5.41, 5.74) is 1.73. The van der Waals surface area contributed by atoms with Crippen LogP contribution in [0.1, 0.15) is 11.3 Å². The van der Waals surface area contributed by atoms with Crippen molar-refractivity contribution in [1.82, 2.24) is 4.98 Å². The van der Waals surface area contributed by atoms with Crippen molar-refractivity contribution in [2.75, 3.05) is 0 Å². The quantitative estimate of drug-likeness (QED) is 0.741. The van der Waals surface area contributed by atoms with Gasteiger partial charge in [0, 0.05) is 21.3 Å². The molecule has 0 N–H and O–H groups in total. The molecule has 0 atom stereocenters. The largest absolute Gasteiger partial charge is 0.487 e. The first-order valence-electron chi connectivity index (χ1n) is 5.26. The second kappa shape index (κ2) is 6.41. The van der Waals surface area contributed by atoms with Gasteiger partial charge in [-0.15, -0.1) is 11.6 Å². The Morgan fingerprint density at radius 3 is 2.72 bits per heavy atom. The fraction of sp³-hybridized carbons (Fsp3) is 0.154. The van der Waals surface area contributed by atoms with Gasteiger partial charge in [-0.3, -0.25) is 4.98 Å². The predicted molar refractivity (Wildman–Crippen MR) is 77.3 cm³/mol. The second-order valence-corrected chi connectivity index (χ2v) is 5.26. The summed E-state index contributed by atoms with van der Waals surface area (Å²) < 4.78 is 6.63. The Bertz CT molecular complexity index is 531. The summed E-state index contributed by atoms with van der Waals surface area (Å²) in [5.74, 6) is 1.10. The van der Waals surface area contributed by atoms with Gasteiger partial charge < -0.3 is 4.74 Å². The fourth-order valence-corrected chi connectivity index (χ4v) is 2.07. The number of hydrogen-bond donors (Lipinski definition) is 0. The molecular weight excluding hydrogens is 337 g/mol.